The standard InChI is InChI=1S/C31H37N3O4/c1-4-10-23-20-32-27-21(2)11-9-12-25(27)28(23)38-17-8-6-5-7-16-34-29(35)31(3,33-30(34)36)24-13-14-26-22(19-24)15-18-37-26/h9,11-14,19-20H,4-8,10,15-18H2,1-3H3,(H,33,36). The molecule has 0 aliphatic carbocycles. The number of hydrogen-bond acceptors (Lipinski definition) is 5. The summed E-state index contributed by atoms with van der Waals surface area (Å²) in [4.78, 5) is 32.0. The summed E-state index contributed by atoms with van der Waals surface area (Å²) in [6.45, 7) is 7.74. The van der Waals surface area contributed by atoms with Crippen LogP contribution >= 0.6 is 0 Å². The van der Waals surface area contributed by atoms with Crippen LogP contribution in [0.15, 0.2) is 42.6 Å². The molecule has 2 aliphatic rings. The molecule has 38 heavy (non-hydrogen) atoms. The lowest BCUT2D eigenvalue weighted by Gasteiger charge is -2.23. The number of aryl methyl sites for hydroxylation is 2. The summed E-state index contributed by atoms with van der Waals surface area (Å²) < 4.78 is 11.9. The molecule has 0 radical (unpaired) electrons. The predicted octanol–water partition coefficient (Wildman–Crippen LogP) is 5.84. The molecule has 3 amide bonds. The molecule has 200 valence electrons. The highest BCUT2D eigenvalue weighted by Crippen LogP contribution is 2.34. The first-order valence-electron chi connectivity index (χ1n) is 13.8. The monoisotopic (exact) mass is 515 g/mol. The van der Waals surface area contributed by atoms with Crippen LogP contribution in [0.25, 0.3) is 10.9 Å². The highest BCUT2D eigenvalue weighted by molar-refractivity contribution is 6.07. The van der Waals surface area contributed by atoms with Gasteiger partial charge in [-0.3, -0.25) is 14.7 Å². The van der Waals surface area contributed by atoms with Gasteiger partial charge in [-0.1, -0.05) is 44.4 Å². The number of imide groups is 1. The summed E-state index contributed by atoms with van der Waals surface area (Å²) >= 11 is 0. The summed E-state index contributed by atoms with van der Waals surface area (Å²) in [5, 5.41) is 4.00. The molecule has 7 heteroatoms. The van der Waals surface area contributed by atoms with E-state index in [1.54, 1.807) is 6.92 Å². The summed E-state index contributed by atoms with van der Waals surface area (Å²) in [6.07, 6.45) is 8.33. The third-order valence-electron chi connectivity index (χ3n) is 7.71. The Kier molecular flexibility index (Phi) is 7.54. The molecule has 3 heterocycles. The lowest BCUT2D eigenvalue weighted by molar-refractivity contribution is -0.131. The van der Waals surface area contributed by atoms with E-state index >= 15 is 0 Å². The van der Waals surface area contributed by atoms with Crippen LogP contribution in [0.1, 0.15) is 68.2 Å². The van der Waals surface area contributed by atoms with Crippen LogP contribution in [0.3, 0.4) is 0 Å². The van der Waals surface area contributed by atoms with Crippen LogP contribution in [0.2, 0.25) is 0 Å². The van der Waals surface area contributed by atoms with Crippen molar-refractivity contribution in [2.75, 3.05) is 19.8 Å². The Morgan fingerprint density at radius 1 is 1.13 bits per heavy atom. The molecule has 3 aromatic rings. The Morgan fingerprint density at radius 2 is 1.97 bits per heavy atom. The number of ether oxygens (including phenoxy) is 2. The number of urea groups is 1. The average Bonchev–Trinajstić information content (AvgIpc) is 3.47. The fourth-order valence-electron chi connectivity index (χ4n) is 5.50. The number of carbonyl (C=O) groups excluding carboxylic acids is 2. The number of para-hydroxylation sites is 1. The number of pyridine rings is 1. The van der Waals surface area contributed by atoms with Crippen LogP contribution in [0, 0.1) is 6.92 Å². The fourth-order valence-corrected chi connectivity index (χ4v) is 5.50. The van der Waals surface area contributed by atoms with Crippen LogP contribution in [-0.2, 0) is 23.2 Å². The van der Waals surface area contributed by atoms with Gasteiger partial charge < -0.3 is 14.8 Å². The van der Waals surface area contributed by atoms with Gasteiger partial charge in [0.2, 0.25) is 0 Å². The molecule has 2 aliphatic heterocycles. The highest BCUT2D eigenvalue weighted by Gasteiger charge is 2.48. The Morgan fingerprint density at radius 3 is 2.82 bits per heavy atom. The number of nitrogens with one attached hydrogen (secondary N) is 1. The second-order valence-electron chi connectivity index (χ2n) is 10.5. The molecule has 1 N–H and O–H groups in total. The molecule has 0 bridgehead atoms. The van der Waals surface area contributed by atoms with E-state index in [2.05, 4.69) is 42.3 Å². The minimum atomic E-state index is -1.04. The molecule has 5 rings (SSSR count). The summed E-state index contributed by atoms with van der Waals surface area (Å²) in [5.74, 6) is 1.63. The minimum absolute atomic E-state index is 0.187. The number of fused-ring (bicyclic) bond motifs is 2. The van der Waals surface area contributed by atoms with Gasteiger partial charge in [-0.25, -0.2) is 4.79 Å². The molecular formula is C31H37N3O4. The van der Waals surface area contributed by atoms with Crippen LogP contribution in [-0.4, -0.2) is 41.6 Å². The molecule has 0 spiro atoms. The van der Waals surface area contributed by atoms with Gasteiger partial charge in [0.15, 0.2) is 0 Å². The van der Waals surface area contributed by atoms with E-state index < -0.39 is 5.54 Å². The SMILES string of the molecule is CCCc1cnc2c(C)cccc2c1OCCCCCCN1C(=O)NC(C)(c2ccc3c(c2)CCO3)C1=O. The van der Waals surface area contributed by atoms with Gasteiger partial charge in [-0.05, 0) is 68.0 Å². The van der Waals surface area contributed by atoms with Crippen LogP contribution < -0.4 is 14.8 Å². The number of unbranched alkanes of at least 4 members (excludes halogenated alkanes) is 3. The van der Waals surface area contributed by atoms with Crippen LogP contribution in [0.4, 0.5) is 4.79 Å². The topological polar surface area (TPSA) is 80.8 Å². The quantitative estimate of drug-likeness (QED) is 0.256. The molecule has 7 nitrogen and oxygen atoms in total. The number of aromatic nitrogens is 1. The lowest BCUT2D eigenvalue weighted by atomic mass is 9.90. The molecule has 0 saturated carbocycles. The average molecular weight is 516 g/mol. The zero-order chi connectivity index (χ0) is 26.7. The molecule has 1 fully saturated rings. The van der Waals surface area contributed by atoms with Crippen molar-refractivity contribution in [3.8, 4) is 11.5 Å². The smallest absolute Gasteiger partial charge is 0.325 e. The van der Waals surface area contributed by atoms with E-state index in [0.717, 1.165) is 89.6 Å². The van der Waals surface area contributed by atoms with E-state index in [-0.39, 0.29) is 11.9 Å². The minimum Gasteiger partial charge on any atom is -0.493 e. The second-order valence-corrected chi connectivity index (χ2v) is 10.5. The molecular weight excluding hydrogens is 478 g/mol. The highest BCUT2D eigenvalue weighted by atomic mass is 16.5. The van der Waals surface area contributed by atoms with Gasteiger partial charge in [-0.2, -0.15) is 0 Å². The summed E-state index contributed by atoms with van der Waals surface area (Å²) in [7, 11) is 0. The number of amides is 3. The van der Waals surface area contributed by atoms with E-state index in [9.17, 15) is 9.59 Å². The predicted molar refractivity (Wildman–Crippen MR) is 148 cm³/mol. The molecule has 1 saturated heterocycles. The zero-order valence-electron chi connectivity index (χ0n) is 22.6. The van der Waals surface area contributed by atoms with Crippen molar-refractivity contribution in [2.24, 2.45) is 0 Å². The Balaban J connectivity index is 1.11. The first-order chi connectivity index (χ1) is 18.4. The first-order valence-corrected chi connectivity index (χ1v) is 13.8. The van der Waals surface area contributed by atoms with Crippen molar-refractivity contribution >= 4 is 22.8 Å². The van der Waals surface area contributed by atoms with Crippen molar-refractivity contribution in [2.45, 2.75) is 71.3 Å². The zero-order valence-corrected chi connectivity index (χ0v) is 22.6. The van der Waals surface area contributed by atoms with Gasteiger partial charge in [0.25, 0.3) is 5.91 Å². The first kappa shape index (κ1) is 26.0. The fraction of sp³-hybridized carbons (Fsp3) is 0.452. The molecule has 1 atom stereocenters. The van der Waals surface area contributed by atoms with Crippen molar-refractivity contribution in [3.63, 3.8) is 0 Å². The maximum Gasteiger partial charge on any atom is 0.325 e. The van der Waals surface area contributed by atoms with Crippen molar-refractivity contribution < 1.29 is 19.1 Å². The number of carbonyl (C=O) groups is 2. The van der Waals surface area contributed by atoms with Gasteiger partial charge in [0, 0.05) is 30.1 Å². The van der Waals surface area contributed by atoms with E-state index in [4.69, 9.17) is 9.47 Å². The Bertz CT molecular complexity index is 1350. The van der Waals surface area contributed by atoms with E-state index in [1.165, 1.54) is 4.90 Å². The number of benzene rings is 2. The summed E-state index contributed by atoms with van der Waals surface area (Å²) in [5.41, 5.74) is 4.16. The van der Waals surface area contributed by atoms with Crippen LogP contribution in [0.5, 0.6) is 11.5 Å². The number of hydrogen-bond donors (Lipinski definition) is 1. The Labute approximate surface area is 224 Å². The van der Waals surface area contributed by atoms with Gasteiger partial charge in [0.1, 0.15) is 17.0 Å². The third-order valence-corrected chi connectivity index (χ3v) is 7.71. The molecule has 2 aromatic carbocycles. The lowest BCUT2D eigenvalue weighted by Crippen LogP contribution is -2.41. The van der Waals surface area contributed by atoms with Crippen molar-refractivity contribution in [1.29, 1.82) is 0 Å². The van der Waals surface area contributed by atoms with Gasteiger partial charge in [0.05, 0.1) is 18.7 Å². The van der Waals surface area contributed by atoms with Crippen molar-refractivity contribution in [3.05, 3.63) is 64.8 Å². The molecule has 1 aromatic heterocycles. The molecule has 1 unspecified atom stereocenters. The van der Waals surface area contributed by atoms with E-state index in [0.29, 0.717) is 19.8 Å². The largest absolute Gasteiger partial charge is 0.493 e. The second kappa shape index (κ2) is 11.0. The third kappa shape index (κ3) is 4.94. The number of rotatable bonds is 11. The van der Waals surface area contributed by atoms with Gasteiger partial charge in [-0.15, -0.1) is 0 Å². The number of nitrogens with zero attached hydrogens (tertiary/aromatic N) is 2. The Hall–Kier alpha value is -3.61. The summed E-state index contributed by atoms with van der Waals surface area (Å²) in [6, 6.07) is 11.7. The van der Waals surface area contributed by atoms with E-state index in [1.807, 2.05) is 24.4 Å². The normalized spacial score (nSPS) is 18.6. The maximum absolute atomic E-state index is 13.3. The van der Waals surface area contributed by atoms with Gasteiger partial charge >= 0.3 is 6.03 Å². The maximum atomic E-state index is 13.3. The van der Waals surface area contributed by atoms with Crippen molar-refractivity contribution in [1.82, 2.24) is 15.2 Å².